The first-order valence-corrected chi connectivity index (χ1v) is 10.4. The molecule has 0 spiro atoms. The van der Waals surface area contributed by atoms with Gasteiger partial charge in [-0.05, 0) is 62.9 Å². The minimum atomic E-state index is -0.620. The van der Waals surface area contributed by atoms with Crippen LogP contribution in [0.4, 0.5) is 11.4 Å². The number of likely N-dealkylation sites (N-methyl/N-ethyl adjacent to an activating group) is 1. The molecule has 2 aliphatic heterocycles. The van der Waals surface area contributed by atoms with Crippen molar-refractivity contribution in [3.63, 3.8) is 0 Å². The lowest BCUT2D eigenvalue weighted by Gasteiger charge is -2.37. The van der Waals surface area contributed by atoms with Gasteiger partial charge >= 0.3 is 0 Å². The van der Waals surface area contributed by atoms with E-state index >= 15 is 0 Å². The van der Waals surface area contributed by atoms with Crippen LogP contribution in [0.2, 0.25) is 5.02 Å². The number of thiocarbonyl (C=S) groups is 1. The molecule has 1 amide bonds. The number of halogens is 1. The number of aryl methyl sites for hydroxylation is 1. The van der Waals surface area contributed by atoms with E-state index in [-0.39, 0.29) is 27.4 Å². The van der Waals surface area contributed by atoms with Gasteiger partial charge in [-0.15, -0.1) is 0 Å². The summed E-state index contributed by atoms with van der Waals surface area (Å²) in [6, 6.07) is 10.4. The number of nitro groups is 1. The summed E-state index contributed by atoms with van der Waals surface area (Å²) in [5, 5.41) is 14.5. The molecule has 2 heterocycles. The number of likely N-dealkylation sites (tertiary alicyclic amines) is 1. The van der Waals surface area contributed by atoms with E-state index in [2.05, 4.69) is 30.3 Å². The number of fused-ring (bicyclic) bond motifs is 3. The maximum atomic E-state index is 12.8. The molecule has 1 N–H and O–H groups in total. The quantitative estimate of drug-likeness (QED) is 0.430. The predicted octanol–water partition coefficient (Wildman–Crippen LogP) is 3.88. The standard InChI is InChI=1S/C21H21ClN4O3S/c1-12-3-6-17-15(9-12)16-11-24(2)8-7-18(16)25(17)21(30)23-20(27)14-5-4-13(22)10-19(14)26(28)29/h3-6,9-10,16,18H,7-8,11H2,1-2H3,(H,23,27,30). The van der Waals surface area contributed by atoms with Crippen molar-refractivity contribution in [3.05, 3.63) is 68.2 Å². The van der Waals surface area contributed by atoms with Crippen LogP contribution < -0.4 is 10.2 Å². The van der Waals surface area contributed by atoms with Crippen molar-refractivity contribution in [2.24, 2.45) is 0 Å². The van der Waals surface area contributed by atoms with E-state index in [1.54, 1.807) is 0 Å². The number of anilines is 1. The number of benzene rings is 2. The minimum absolute atomic E-state index is 0.0741. The number of nitrogens with one attached hydrogen (secondary N) is 1. The Morgan fingerprint density at radius 3 is 2.80 bits per heavy atom. The van der Waals surface area contributed by atoms with Gasteiger partial charge in [0.05, 0.1) is 4.92 Å². The van der Waals surface area contributed by atoms with E-state index in [1.165, 1.54) is 29.3 Å². The second kappa shape index (κ2) is 7.94. The summed E-state index contributed by atoms with van der Waals surface area (Å²) in [6.07, 6.45) is 0.909. The zero-order chi connectivity index (χ0) is 21.6. The molecule has 4 rings (SSSR count). The fraction of sp³-hybridized carbons (Fsp3) is 0.333. The van der Waals surface area contributed by atoms with Crippen molar-refractivity contribution >= 4 is 46.2 Å². The van der Waals surface area contributed by atoms with Crippen LogP contribution in [0.5, 0.6) is 0 Å². The highest BCUT2D eigenvalue weighted by Gasteiger charge is 2.43. The van der Waals surface area contributed by atoms with Crippen molar-refractivity contribution in [2.75, 3.05) is 25.0 Å². The van der Waals surface area contributed by atoms with Gasteiger partial charge in [0.1, 0.15) is 5.56 Å². The third kappa shape index (κ3) is 3.66. The van der Waals surface area contributed by atoms with Crippen LogP contribution in [0.25, 0.3) is 0 Å². The Hall–Kier alpha value is -2.55. The van der Waals surface area contributed by atoms with Gasteiger partial charge in [0.2, 0.25) is 0 Å². The summed E-state index contributed by atoms with van der Waals surface area (Å²) in [6.45, 7) is 3.91. The predicted molar refractivity (Wildman–Crippen MR) is 120 cm³/mol. The maximum absolute atomic E-state index is 12.8. The lowest BCUT2D eigenvalue weighted by molar-refractivity contribution is -0.385. The summed E-state index contributed by atoms with van der Waals surface area (Å²) in [5.74, 6) is -0.327. The molecular weight excluding hydrogens is 424 g/mol. The fourth-order valence-corrected chi connectivity index (χ4v) is 4.91. The van der Waals surface area contributed by atoms with E-state index in [1.807, 2.05) is 17.0 Å². The van der Waals surface area contributed by atoms with Crippen molar-refractivity contribution in [1.82, 2.24) is 10.2 Å². The van der Waals surface area contributed by atoms with E-state index in [0.29, 0.717) is 5.92 Å². The Labute approximate surface area is 184 Å². The molecule has 2 atom stereocenters. The first kappa shape index (κ1) is 20.7. The average molecular weight is 445 g/mol. The molecule has 0 aliphatic carbocycles. The SMILES string of the molecule is Cc1ccc2c(c1)C1CN(C)CCC1N2C(=S)NC(=O)c1ccc(Cl)cc1[N+](=O)[O-]. The number of carbonyl (C=O) groups excluding carboxylic acids is 1. The van der Waals surface area contributed by atoms with E-state index in [0.717, 1.165) is 25.2 Å². The third-order valence-corrected chi connectivity index (χ3v) is 6.33. The highest BCUT2D eigenvalue weighted by molar-refractivity contribution is 7.80. The summed E-state index contributed by atoms with van der Waals surface area (Å²) >= 11 is 11.5. The van der Waals surface area contributed by atoms with Gasteiger partial charge in [0.25, 0.3) is 11.6 Å². The molecule has 0 radical (unpaired) electrons. The molecule has 7 nitrogen and oxygen atoms in total. The van der Waals surface area contributed by atoms with Crippen LogP contribution in [0.1, 0.15) is 33.8 Å². The van der Waals surface area contributed by atoms with Crippen molar-refractivity contribution in [1.29, 1.82) is 0 Å². The molecule has 0 bridgehead atoms. The van der Waals surface area contributed by atoms with Gasteiger partial charge in [-0.1, -0.05) is 29.3 Å². The molecule has 9 heteroatoms. The molecule has 30 heavy (non-hydrogen) atoms. The van der Waals surface area contributed by atoms with E-state index in [9.17, 15) is 14.9 Å². The maximum Gasteiger partial charge on any atom is 0.283 e. The number of rotatable bonds is 2. The summed E-state index contributed by atoms with van der Waals surface area (Å²) in [7, 11) is 2.11. The van der Waals surface area contributed by atoms with Gasteiger partial charge in [0, 0.05) is 35.3 Å². The number of hydrogen-bond donors (Lipinski definition) is 1. The van der Waals surface area contributed by atoms with E-state index in [4.69, 9.17) is 23.8 Å². The Bertz CT molecular complexity index is 1060. The first-order valence-electron chi connectivity index (χ1n) is 9.64. The number of hydrogen-bond acceptors (Lipinski definition) is 5. The monoisotopic (exact) mass is 444 g/mol. The fourth-order valence-electron chi connectivity index (χ4n) is 4.42. The molecular formula is C21H21ClN4O3S. The zero-order valence-corrected chi connectivity index (χ0v) is 18.2. The van der Waals surface area contributed by atoms with E-state index < -0.39 is 10.8 Å². The number of nitrogens with zero attached hydrogens (tertiary/aromatic N) is 3. The number of amides is 1. The molecule has 1 saturated heterocycles. The Morgan fingerprint density at radius 2 is 2.07 bits per heavy atom. The van der Waals surface area contributed by atoms with Gasteiger partial charge < -0.3 is 9.80 Å². The summed E-state index contributed by atoms with van der Waals surface area (Å²) < 4.78 is 0. The topological polar surface area (TPSA) is 78.7 Å². The highest BCUT2D eigenvalue weighted by Crippen LogP contribution is 2.45. The number of carbonyl (C=O) groups is 1. The summed E-state index contributed by atoms with van der Waals surface area (Å²) in [5.41, 5.74) is 2.96. The molecule has 0 saturated carbocycles. The van der Waals surface area contributed by atoms with Crippen LogP contribution in [-0.2, 0) is 0 Å². The highest BCUT2D eigenvalue weighted by atomic mass is 35.5. The lowest BCUT2D eigenvalue weighted by atomic mass is 9.89. The second-order valence-corrected chi connectivity index (χ2v) is 8.66. The zero-order valence-electron chi connectivity index (χ0n) is 16.6. The van der Waals surface area contributed by atoms with Gasteiger partial charge in [0.15, 0.2) is 5.11 Å². The van der Waals surface area contributed by atoms with Crippen molar-refractivity contribution in [2.45, 2.75) is 25.3 Å². The smallest absolute Gasteiger partial charge is 0.283 e. The molecule has 2 aromatic carbocycles. The Morgan fingerprint density at radius 1 is 1.30 bits per heavy atom. The van der Waals surface area contributed by atoms with Gasteiger partial charge in [-0.3, -0.25) is 20.2 Å². The largest absolute Gasteiger partial charge is 0.315 e. The van der Waals surface area contributed by atoms with Crippen LogP contribution in [-0.4, -0.2) is 47.0 Å². The Kier molecular flexibility index (Phi) is 5.48. The van der Waals surface area contributed by atoms with Crippen LogP contribution in [0.15, 0.2) is 36.4 Å². The average Bonchev–Trinajstić information content (AvgIpc) is 3.00. The minimum Gasteiger partial charge on any atom is -0.315 e. The molecule has 1 fully saturated rings. The third-order valence-electron chi connectivity index (χ3n) is 5.79. The normalized spacial score (nSPS) is 20.4. The van der Waals surface area contributed by atoms with Crippen molar-refractivity contribution < 1.29 is 9.72 Å². The summed E-state index contributed by atoms with van der Waals surface area (Å²) in [4.78, 5) is 27.9. The molecule has 2 aliphatic rings. The molecule has 156 valence electrons. The molecule has 0 aromatic heterocycles. The van der Waals surface area contributed by atoms with Crippen LogP contribution in [0, 0.1) is 17.0 Å². The van der Waals surface area contributed by atoms with Crippen LogP contribution >= 0.6 is 23.8 Å². The van der Waals surface area contributed by atoms with Crippen molar-refractivity contribution in [3.8, 4) is 0 Å². The second-order valence-electron chi connectivity index (χ2n) is 7.83. The Balaban J connectivity index is 1.64. The lowest BCUT2D eigenvalue weighted by Crippen LogP contribution is -2.51. The number of piperidine rings is 1. The molecule has 2 aromatic rings. The number of nitro benzene ring substituents is 1. The van der Waals surface area contributed by atoms with Gasteiger partial charge in [-0.25, -0.2) is 0 Å². The van der Waals surface area contributed by atoms with Crippen LogP contribution in [0.3, 0.4) is 0 Å². The van der Waals surface area contributed by atoms with Gasteiger partial charge in [-0.2, -0.15) is 0 Å². The first-order chi connectivity index (χ1) is 14.3. The molecule has 2 unspecified atom stereocenters.